The molecule has 2 rings (SSSR count). The lowest BCUT2D eigenvalue weighted by Crippen LogP contribution is -2.39. The van der Waals surface area contributed by atoms with E-state index >= 15 is 0 Å². The van der Waals surface area contributed by atoms with Gasteiger partial charge in [-0.1, -0.05) is 25.1 Å². The van der Waals surface area contributed by atoms with Crippen LogP contribution in [-0.2, 0) is 19.3 Å². The van der Waals surface area contributed by atoms with Gasteiger partial charge in [-0.05, 0) is 49.4 Å². The fraction of sp³-hybridized carbons (Fsp3) is 0.600. The molecule has 0 saturated heterocycles. The molecule has 1 aliphatic carbocycles. The van der Waals surface area contributed by atoms with E-state index in [1.54, 1.807) is 0 Å². The zero-order valence-corrected chi connectivity index (χ0v) is 10.9. The Morgan fingerprint density at radius 2 is 2.06 bits per heavy atom. The van der Waals surface area contributed by atoms with Crippen molar-refractivity contribution >= 4 is 0 Å². The van der Waals surface area contributed by atoms with Crippen LogP contribution in [0.3, 0.4) is 0 Å². The molecule has 0 radical (unpaired) electrons. The van der Waals surface area contributed by atoms with E-state index in [1.807, 2.05) is 6.92 Å². The molecule has 1 aromatic carbocycles. The summed E-state index contributed by atoms with van der Waals surface area (Å²) in [6, 6.07) is 6.69. The first kappa shape index (κ1) is 12.6. The van der Waals surface area contributed by atoms with Crippen LogP contribution >= 0.6 is 0 Å². The maximum atomic E-state index is 10.3. The molecule has 0 amide bonds. The van der Waals surface area contributed by atoms with E-state index in [9.17, 15) is 5.11 Å². The minimum absolute atomic E-state index is 0.650. The van der Waals surface area contributed by atoms with Crippen LogP contribution in [0.15, 0.2) is 18.2 Å². The first-order valence-electron chi connectivity index (χ1n) is 6.64. The van der Waals surface area contributed by atoms with Gasteiger partial charge in [0.15, 0.2) is 0 Å². The van der Waals surface area contributed by atoms with Crippen molar-refractivity contribution in [1.82, 2.24) is 5.32 Å². The number of aryl methyl sites for hydroxylation is 2. The van der Waals surface area contributed by atoms with Crippen LogP contribution in [0.4, 0.5) is 0 Å². The van der Waals surface area contributed by atoms with Gasteiger partial charge in [-0.2, -0.15) is 0 Å². The summed E-state index contributed by atoms with van der Waals surface area (Å²) < 4.78 is 0. The normalized spacial score (nSPS) is 17.8. The Balaban J connectivity index is 2.03. The Labute approximate surface area is 104 Å². The smallest absolute Gasteiger partial charge is 0.0783 e. The predicted molar refractivity (Wildman–Crippen MR) is 71.3 cm³/mol. The van der Waals surface area contributed by atoms with Crippen molar-refractivity contribution in [2.75, 3.05) is 13.1 Å². The maximum Gasteiger partial charge on any atom is 0.0783 e. The van der Waals surface area contributed by atoms with Gasteiger partial charge >= 0.3 is 0 Å². The van der Waals surface area contributed by atoms with Gasteiger partial charge in [-0.3, -0.25) is 0 Å². The van der Waals surface area contributed by atoms with Crippen LogP contribution < -0.4 is 5.32 Å². The maximum absolute atomic E-state index is 10.3. The summed E-state index contributed by atoms with van der Waals surface area (Å²) in [5.41, 5.74) is 3.60. The molecule has 2 N–H and O–H groups in total. The highest BCUT2D eigenvalue weighted by Gasteiger charge is 2.21. The van der Waals surface area contributed by atoms with E-state index in [-0.39, 0.29) is 0 Å². The number of hydrogen-bond acceptors (Lipinski definition) is 2. The number of nitrogens with one attached hydrogen (secondary N) is 1. The Bertz CT molecular complexity index is 385. The van der Waals surface area contributed by atoms with Gasteiger partial charge in [0.05, 0.1) is 5.60 Å². The fourth-order valence-corrected chi connectivity index (χ4v) is 2.63. The second-order valence-electron chi connectivity index (χ2n) is 5.41. The van der Waals surface area contributed by atoms with Crippen LogP contribution in [0.2, 0.25) is 0 Å². The van der Waals surface area contributed by atoms with Gasteiger partial charge in [0.1, 0.15) is 0 Å². The van der Waals surface area contributed by atoms with Gasteiger partial charge in [0.25, 0.3) is 0 Å². The minimum atomic E-state index is -0.650. The van der Waals surface area contributed by atoms with Gasteiger partial charge < -0.3 is 10.4 Å². The third-order valence-corrected chi connectivity index (χ3v) is 3.50. The highest BCUT2D eigenvalue weighted by atomic mass is 16.3. The Kier molecular flexibility index (Phi) is 3.85. The van der Waals surface area contributed by atoms with E-state index in [2.05, 4.69) is 30.4 Å². The van der Waals surface area contributed by atoms with E-state index in [1.165, 1.54) is 36.0 Å². The molecule has 0 spiro atoms. The Hall–Kier alpha value is -0.860. The van der Waals surface area contributed by atoms with Crippen LogP contribution in [0.1, 0.15) is 37.0 Å². The first-order valence-corrected chi connectivity index (χ1v) is 6.64. The molecule has 1 unspecified atom stereocenters. The van der Waals surface area contributed by atoms with E-state index in [0.717, 1.165) is 13.0 Å². The van der Waals surface area contributed by atoms with Gasteiger partial charge in [0.2, 0.25) is 0 Å². The number of rotatable bonds is 5. The number of benzene rings is 1. The lowest BCUT2D eigenvalue weighted by molar-refractivity contribution is 0.0607. The molecule has 0 fully saturated rings. The zero-order chi connectivity index (χ0) is 12.3. The second kappa shape index (κ2) is 5.19. The van der Waals surface area contributed by atoms with Gasteiger partial charge in [-0.25, -0.2) is 0 Å². The van der Waals surface area contributed by atoms with Crippen molar-refractivity contribution < 1.29 is 5.11 Å². The highest BCUT2D eigenvalue weighted by Crippen LogP contribution is 2.24. The third-order valence-electron chi connectivity index (χ3n) is 3.50. The summed E-state index contributed by atoms with van der Waals surface area (Å²) in [6.07, 6.45) is 4.45. The standard InChI is InChI=1S/C15H23NO/c1-3-16-11-15(2,17)10-12-7-8-13-5-4-6-14(13)9-12/h7-9,16-17H,3-6,10-11H2,1-2H3. The average molecular weight is 233 g/mol. The van der Waals surface area contributed by atoms with Crippen molar-refractivity contribution in [1.29, 1.82) is 0 Å². The van der Waals surface area contributed by atoms with Crippen LogP contribution in [0, 0.1) is 0 Å². The van der Waals surface area contributed by atoms with Crippen molar-refractivity contribution in [3.05, 3.63) is 34.9 Å². The quantitative estimate of drug-likeness (QED) is 0.816. The largest absolute Gasteiger partial charge is 0.389 e. The van der Waals surface area contributed by atoms with Crippen molar-refractivity contribution in [3.63, 3.8) is 0 Å². The summed E-state index contributed by atoms with van der Waals surface area (Å²) in [5, 5.41) is 13.5. The lowest BCUT2D eigenvalue weighted by Gasteiger charge is -2.24. The molecule has 2 heteroatoms. The van der Waals surface area contributed by atoms with Gasteiger partial charge in [-0.15, -0.1) is 0 Å². The van der Waals surface area contributed by atoms with E-state index in [0.29, 0.717) is 6.54 Å². The fourth-order valence-electron chi connectivity index (χ4n) is 2.63. The molecule has 0 heterocycles. The summed E-state index contributed by atoms with van der Waals surface area (Å²) in [5.74, 6) is 0. The predicted octanol–water partition coefficient (Wildman–Crippen LogP) is 2.08. The minimum Gasteiger partial charge on any atom is -0.389 e. The van der Waals surface area contributed by atoms with Crippen molar-refractivity contribution in [2.45, 2.75) is 45.1 Å². The summed E-state index contributed by atoms with van der Waals surface area (Å²) in [7, 11) is 0. The molecular formula is C15H23NO. The number of aliphatic hydroxyl groups is 1. The molecule has 1 aromatic rings. The first-order chi connectivity index (χ1) is 8.11. The van der Waals surface area contributed by atoms with E-state index in [4.69, 9.17) is 0 Å². The lowest BCUT2D eigenvalue weighted by atomic mass is 9.94. The molecule has 0 aliphatic heterocycles. The summed E-state index contributed by atoms with van der Waals surface area (Å²) in [6.45, 7) is 5.52. The molecule has 17 heavy (non-hydrogen) atoms. The molecule has 2 nitrogen and oxygen atoms in total. The Morgan fingerprint density at radius 3 is 2.82 bits per heavy atom. The molecule has 94 valence electrons. The molecule has 1 aliphatic rings. The average Bonchev–Trinajstić information content (AvgIpc) is 2.73. The monoisotopic (exact) mass is 233 g/mol. The summed E-state index contributed by atoms with van der Waals surface area (Å²) in [4.78, 5) is 0. The Morgan fingerprint density at radius 1 is 1.29 bits per heavy atom. The topological polar surface area (TPSA) is 32.3 Å². The SMILES string of the molecule is CCNCC(C)(O)Cc1ccc2c(c1)CCC2. The zero-order valence-electron chi connectivity index (χ0n) is 10.9. The molecule has 0 bridgehead atoms. The molecular weight excluding hydrogens is 210 g/mol. The third kappa shape index (κ3) is 3.30. The van der Waals surface area contributed by atoms with E-state index < -0.39 is 5.60 Å². The number of hydrogen-bond donors (Lipinski definition) is 2. The molecule has 1 atom stereocenters. The number of likely N-dealkylation sites (N-methyl/N-ethyl adjacent to an activating group) is 1. The molecule has 0 saturated carbocycles. The summed E-state index contributed by atoms with van der Waals surface area (Å²) >= 11 is 0. The van der Waals surface area contributed by atoms with Crippen molar-refractivity contribution in [3.8, 4) is 0 Å². The van der Waals surface area contributed by atoms with Crippen LogP contribution in [-0.4, -0.2) is 23.8 Å². The second-order valence-corrected chi connectivity index (χ2v) is 5.41. The van der Waals surface area contributed by atoms with Crippen molar-refractivity contribution in [2.24, 2.45) is 0 Å². The van der Waals surface area contributed by atoms with Crippen LogP contribution in [0.25, 0.3) is 0 Å². The van der Waals surface area contributed by atoms with Crippen LogP contribution in [0.5, 0.6) is 0 Å². The highest BCUT2D eigenvalue weighted by molar-refractivity contribution is 5.35. The van der Waals surface area contributed by atoms with Gasteiger partial charge in [0, 0.05) is 13.0 Å². The number of fused-ring (bicyclic) bond motifs is 1. The molecule has 0 aromatic heterocycles.